The molecule has 0 radical (unpaired) electrons. The molecule has 1 aromatic heterocycles. The second kappa shape index (κ2) is 7.11. The molecular formula is C20H20ClN3O. The number of carbonyl (C=O) groups is 1. The fraction of sp³-hybridized carbons (Fsp3) is 0.200. The van der Waals surface area contributed by atoms with Gasteiger partial charge >= 0.3 is 0 Å². The Kier molecular flexibility index (Phi) is 4.91. The molecule has 0 unspecified atom stereocenters. The van der Waals surface area contributed by atoms with Gasteiger partial charge in [-0.1, -0.05) is 29.8 Å². The third-order valence-corrected chi connectivity index (χ3v) is 4.35. The molecule has 0 aliphatic carbocycles. The smallest absolute Gasteiger partial charge is 0.261 e. The molecule has 5 heteroatoms. The lowest BCUT2D eigenvalue weighted by atomic mass is 10.1. The van der Waals surface area contributed by atoms with Crippen LogP contribution in [0.3, 0.4) is 0 Å². The number of amides is 1. The molecule has 0 saturated heterocycles. The van der Waals surface area contributed by atoms with Crippen molar-refractivity contribution in [2.75, 3.05) is 11.4 Å². The Morgan fingerprint density at radius 1 is 1.20 bits per heavy atom. The van der Waals surface area contributed by atoms with E-state index in [0.717, 1.165) is 22.5 Å². The van der Waals surface area contributed by atoms with Gasteiger partial charge in [0.05, 0.1) is 17.4 Å². The van der Waals surface area contributed by atoms with Gasteiger partial charge < -0.3 is 4.90 Å². The average Bonchev–Trinajstić information content (AvgIpc) is 3.08. The van der Waals surface area contributed by atoms with Crippen LogP contribution in [-0.2, 0) is 0 Å². The summed E-state index contributed by atoms with van der Waals surface area (Å²) in [6.45, 7) is 6.60. The van der Waals surface area contributed by atoms with Crippen LogP contribution >= 0.6 is 11.6 Å². The van der Waals surface area contributed by atoms with Gasteiger partial charge in [-0.3, -0.25) is 4.79 Å². The topological polar surface area (TPSA) is 38.1 Å². The molecule has 0 saturated carbocycles. The van der Waals surface area contributed by atoms with Crippen LogP contribution in [0.4, 0.5) is 5.69 Å². The first-order chi connectivity index (χ1) is 12.0. The van der Waals surface area contributed by atoms with Crippen LogP contribution in [0.5, 0.6) is 0 Å². The Labute approximate surface area is 152 Å². The van der Waals surface area contributed by atoms with Crippen molar-refractivity contribution in [3.8, 4) is 5.69 Å². The van der Waals surface area contributed by atoms with Crippen molar-refractivity contribution in [2.24, 2.45) is 0 Å². The lowest BCUT2D eigenvalue weighted by molar-refractivity contribution is 0.0988. The molecule has 2 aromatic carbocycles. The van der Waals surface area contributed by atoms with Crippen LogP contribution in [0.15, 0.2) is 54.9 Å². The van der Waals surface area contributed by atoms with Crippen LogP contribution < -0.4 is 4.90 Å². The Balaban J connectivity index is 1.93. The third-order valence-electron chi connectivity index (χ3n) is 4.12. The predicted octanol–water partition coefficient (Wildman–Crippen LogP) is 4.81. The van der Waals surface area contributed by atoms with Gasteiger partial charge in [-0.15, -0.1) is 0 Å². The lowest BCUT2D eigenvalue weighted by Gasteiger charge is -2.23. The number of rotatable bonds is 4. The van der Waals surface area contributed by atoms with Gasteiger partial charge in [-0.2, -0.15) is 5.10 Å². The van der Waals surface area contributed by atoms with Crippen molar-refractivity contribution in [2.45, 2.75) is 20.8 Å². The quantitative estimate of drug-likeness (QED) is 0.675. The summed E-state index contributed by atoms with van der Waals surface area (Å²) in [5.41, 5.74) is 4.50. The zero-order valence-electron chi connectivity index (χ0n) is 14.5. The molecule has 25 heavy (non-hydrogen) atoms. The number of nitrogens with zero attached hydrogens (tertiary/aromatic N) is 3. The summed E-state index contributed by atoms with van der Waals surface area (Å²) in [4.78, 5) is 14.8. The highest BCUT2D eigenvalue weighted by atomic mass is 35.5. The van der Waals surface area contributed by atoms with Crippen molar-refractivity contribution in [1.82, 2.24) is 9.78 Å². The normalized spacial score (nSPS) is 10.7. The van der Waals surface area contributed by atoms with Crippen molar-refractivity contribution in [3.05, 3.63) is 76.6 Å². The first-order valence-corrected chi connectivity index (χ1v) is 8.57. The average molecular weight is 354 g/mol. The van der Waals surface area contributed by atoms with E-state index in [1.165, 1.54) is 0 Å². The molecule has 3 rings (SSSR count). The number of hydrogen-bond acceptors (Lipinski definition) is 2. The van der Waals surface area contributed by atoms with Crippen molar-refractivity contribution >= 4 is 23.2 Å². The predicted molar refractivity (Wildman–Crippen MR) is 102 cm³/mol. The minimum atomic E-state index is -0.0653. The molecule has 0 bridgehead atoms. The molecular weight excluding hydrogens is 334 g/mol. The highest BCUT2D eigenvalue weighted by Crippen LogP contribution is 2.23. The molecule has 0 aliphatic rings. The number of halogens is 1. The van der Waals surface area contributed by atoms with Crippen molar-refractivity contribution in [3.63, 3.8) is 0 Å². The summed E-state index contributed by atoms with van der Waals surface area (Å²) in [5, 5.41) is 4.94. The van der Waals surface area contributed by atoms with E-state index in [1.807, 2.05) is 57.2 Å². The van der Waals surface area contributed by atoms with E-state index in [-0.39, 0.29) is 5.91 Å². The maximum Gasteiger partial charge on any atom is 0.261 e. The molecule has 1 heterocycles. The maximum absolute atomic E-state index is 13.0. The highest BCUT2D eigenvalue weighted by molar-refractivity contribution is 6.30. The number of benzene rings is 2. The number of anilines is 1. The Hall–Kier alpha value is -2.59. The molecule has 0 aliphatic heterocycles. The minimum absolute atomic E-state index is 0.0653. The summed E-state index contributed by atoms with van der Waals surface area (Å²) in [7, 11) is 0. The van der Waals surface area contributed by atoms with Crippen LogP contribution in [0, 0.1) is 13.8 Å². The van der Waals surface area contributed by atoms with Gasteiger partial charge in [-0.05, 0) is 56.2 Å². The second-order valence-electron chi connectivity index (χ2n) is 5.99. The molecule has 4 nitrogen and oxygen atoms in total. The van der Waals surface area contributed by atoms with Crippen molar-refractivity contribution < 1.29 is 4.79 Å². The Morgan fingerprint density at radius 2 is 2.00 bits per heavy atom. The highest BCUT2D eigenvalue weighted by Gasteiger charge is 2.19. The van der Waals surface area contributed by atoms with Crippen LogP contribution in [0.1, 0.15) is 28.4 Å². The third kappa shape index (κ3) is 3.59. The lowest BCUT2D eigenvalue weighted by Crippen LogP contribution is -2.31. The van der Waals surface area contributed by atoms with Crippen LogP contribution in [-0.4, -0.2) is 22.2 Å². The van der Waals surface area contributed by atoms with E-state index in [9.17, 15) is 4.79 Å². The monoisotopic (exact) mass is 353 g/mol. The molecule has 128 valence electrons. The van der Waals surface area contributed by atoms with E-state index < -0.39 is 0 Å². The standard InChI is InChI=1S/C20H20ClN3O/c1-4-23(19-10-14(2)8-9-15(19)3)20(25)16-12-22-24(13-16)18-7-5-6-17(21)11-18/h5-13H,4H2,1-3H3. The van der Waals surface area contributed by atoms with E-state index in [1.54, 1.807) is 28.0 Å². The molecule has 0 atom stereocenters. The molecule has 0 spiro atoms. The Morgan fingerprint density at radius 3 is 2.72 bits per heavy atom. The van der Waals surface area contributed by atoms with Gasteiger partial charge in [0.15, 0.2) is 0 Å². The van der Waals surface area contributed by atoms with Crippen molar-refractivity contribution in [1.29, 1.82) is 0 Å². The zero-order valence-corrected chi connectivity index (χ0v) is 15.3. The Bertz CT molecular complexity index is 917. The van der Waals surface area contributed by atoms with Gasteiger partial charge in [-0.25, -0.2) is 4.68 Å². The molecule has 3 aromatic rings. The fourth-order valence-electron chi connectivity index (χ4n) is 2.78. The van der Waals surface area contributed by atoms with Gasteiger partial charge in [0, 0.05) is 23.5 Å². The summed E-state index contributed by atoms with van der Waals surface area (Å²) in [6.07, 6.45) is 3.33. The van der Waals surface area contributed by atoms with E-state index >= 15 is 0 Å². The largest absolute Gasteiger partial charge is 0.308 e. The molecule has 0 fully saturated rings. The van der Waals surface area contributed by atoms with Gasteiger partial charge in [0.1, 0.15) is 0 Å². The van der Waals surface area contributed by atoms with E-state index in [0.29, 0.717) is 17.1 Å². The van der Waals surface area contributed by atoms with Crippen LogP contribution in [0.25, 0.3) is 5.69 Å². The minimum Gasteiger partial charge on any atom is -0.308 e. The summed E-state index contributed by atoms with van der Waals surface area (Å²) in [6, 6.07) is 13.5. The summed E-state index contributed by atoms with van der Waals surface area (Å²) >= 11 is 6.03. The zero-order chi connectivity index (χ0) is 18.0. The van der Waals surface area contributed by atoms with Gasteiger partial charge in [0.2, 0.25) is 0 Å². The first kappa shape index (κ1) is 17.2. The number of carbonyl (C=O) groups excluding carboxylic acids is 1. The number of hydrogen-bond donors (Lipinski definition) is 0. The molecule has 1 amide bonds. The van der Waals surface area contributed by atoms with E-state index in [2.05, 4.69) is 5.10 Å². The second-order valence-corrected chi connectivity index (χ2v) is 6.43. The number of aromatic nitrogens is 2. The molecule has 0 N–H and O–H groups in total. The summed E-state index contributed by atoms with van der Waals surface area (Å²) < 4.78 is 1.66. The SMILES string of the molecule is CCN(C(=O)c1cnn(-c2cccc(Cl)c2)c1)c1cc(C)ccc1C. The first-order valence-electron chi connectivity index (χ1n) is 8.19. The maximum atomic E-state index is 13.0. The van der Waals surface area contributed by atoms with E-state index in [4.69, 9.17) is 11.6 Å². The van der Waals surface area contributed by atoms with Gasteiger partial charge in [0.25, 0.3) is 5.91 Å². The van der Waals surface area contributed by atoms with Crippen LogP contribution in [0.2, 0.25) is 5.02 Å². The number of aryl methyl sites for hydroxylation is 2. The fourth-order valence-corrected chi connectivity index (χ4v) is 2.97. The summed E-state index contributed by atoms with van der Waals surface area (Å²) in [5.74, 6) is -0.0653.